The smallest absolute Gasteiger partial charge is 0.263 e. The van der Waals surface area contributed by atoms with Gasteiger partial charge in [-0.25, -0.2) is 5.48 Å². The number of carbonyl (C=O) groups is 1. The summed E-state index contributed by atoms with van der Waals surface area (Å²) in [6, 6.07) is -0.0130. The van der Waals surface area contributed by atoms with E-state index in [1.54, 1.807) is 0 Å². The Balaban J connectivity index is 1.93. The first-order chi connectivity index (χ1) is 6.59. The lowest BCUT2D eigenvalue weighted by Crippen LogP contribution is -2.50. The van der Waals surface area contributed by atoms with E-state index in [1.807, 2.05) is 0 Å². The van der Waals surface area contributed by atoms with Crippen LogP contribution in [0, 0.1) is 5.41 Å². The van der Waals surface area contributed by atoms with E-state index in [0.29, 0.717) is 13.2 Å². The summed E-state index contributed by atoms with van der Waals surface area (Å²) in [4.78, 5) is 16.1. The number of amides is 1. The molecule has 0 aliphatic carbocycles. The molecule has 2 N–H and O–H groups in total. The van der Waals surface area contributed by atoms with Crippen molar-refractivity contribution >= 4 is 5.91 Å². The van der Waals surface area contributed by atoms with Crippen LogP contribution in [0.4, 0.5) is 0 Å². The van der Waals surface area contributed by atoms with Crippen LogP contribution in [-0.4, -0.2) is 37.8 Å². The molecule has 2 fully saturated rings. The molecule has 5 heteroatoms. The van der Waals surface area contributed by atoms with Gasteiger partial charge in [0.25, 0.3) is 5.91 Å². The molecule has 0 radical (unpaired) electrons. The molecule has 2 aliphatic rings. The molecule has 2 atom stereocenters. The topological polar surface area (TPSA) is 59.6 Å². The van der Waals surface area contributed by atoms with Crippen LogP contribution in [0.1, 0.15) is 13.8 Å². The molecule has 0 bridgehead atoms. The Bertz CT molecular complexity index is 242. The maximum atomic E-state index is 11.2. The third-order valence-electron chi connectivity index (χ3n) is 2.84. The van der Waals surface area contributed by atoms with Gasteiger partial charge in [-0.2, -0.15) is 0 Å². The summed E-state index contributed by atoms with van der Waals surface area (Å²) in [5.74, 6) is -0.0901. The van der Waals surface area contributed by atoms with Gasteiger partial charge < -0.3 is 4.74 Å². The Labute approximate surface area is 83.1 Å². The highest BCUT2D eigenvalue weighted by Crippen LogP contribution is 2.27. The van der Waals surface area contributed by atoms with Crippen molar-refractivity contribution in [2.45, 2.75) is 25.9 Å². The summed E-state index contributed by atoms with van der Waals surface area (Å²) in [5, 5.41) is 3.26. The molecule has 80 valence electrons. The van der Waals surface area contributed by atoms with Crippen LogP contribution in [0.25, 0.3) is 0 Å². The Kier molecular flexibility index (Phi) is 2.47. The first kappa shape index (κ1) is 9.89. The number of carbonyl (C=O) groups excluding carboxylic acids is 1. The van der Waals surface area contributed by atoms with Crippen LogP contribution in [0.15, 0.2) is 0 Å². The van der Waals surface area contributed by atoms with Gasteiger partial charge in [-0.1, -0.05) is 13.8 Å². The number of hydrogen-bond donors (Lipinski definition) is 2. The second-order valence-electron chi connectivity index (χ2n) is 4.55. The average molecular weight is 200 g/mol. The summed E-state index contributed by atoms with van der Waals surface area (Å²) in [6.45, 7) is 6.05. The van der Waals surface area contributed by atoms with Crippen molar-refractivity contribution in [1.29, 1.82) is 0 Å². The molecule has 0 saturated carbocycles. The molecule has 0 spiro atoms. The van der Waals surface area contributed by atoms with Crippen LogP contribution in [0.3, 0.4) is 0 Å². The summed E-state index contributed by atoms with van der Waals surface area (Å²) in [6.07, 6.45) is 0. The van der Waals surface area contributed by atoms with Crippen molar-refractivity contribution in [2.24, 2.45) is 5.41 Å². The van der Waals surface area contributed by atoms with E-state index in [0.717, 1.165) is 6.61 Å². The summed E-state index contributed by atoms with van der Waals surface area (Å²) >= 11 is 0. The third kappa shape index (κ3) is 1.75. The molecule has 2 heterocycles. The van der Waals surface area contributed by atoms with Crippen molar-refractivity contribution in [3.63, 3.8) is 0 Å². The highest BCUT2D eigenvalue weighted by Gasteiger charge is 2.39. The molecule has 5 nitrogen and oxygen atoms in total. The number of ether oxygens (including phenoxy) is 1. The molecule has 0 aromatic carbocycles. The van der Waals surface area contributed by atoms with Gasteiger partial charge in [-0.15, -0.1) is 0 Å². The van der Waals surface area contributed by atoms with Gasteiger partial charge in [0.2, 0.25) is 0 Å². The Morgan fingerprint density at radius 2 is 2.29 bits per heavy atom. The number of rotatable bonds is 2. The molecule has 1 amide bonds. The lowest BCUT2D eigenvalue weighted by atomic mass is 9.87. The third-order valence-corrected chi connectivity index (χ3v) is 2.84. The minimum atomic E-state index is -0.235. The van der Waals surface area contributed by atoms with Crippen LogP contribution in [-0.2, 0) is 14.4 Å². The quantitative estimate of drug-likeness (QED) is 0.627. The normalized spacial score (nSPS) is 36.0. The molecule has 2 aliphatic heterocycles. The van der Waals surface area contributed by atoms with Crippen LogP contribution in [0.5, 0.6) is 0 Å². The van der Waals surface area contributed by atoms with Gasteiger partial charge >= 0.3 is 0 Å². The predicted octanol–water partition coefficient (Wildman–Crippen LogP) is -0.569. The average Bonchev–Trinajstić information content (AvgIpc) is 2.62. The van der Waals surface area contributed by atoms with E-state index >= 15 is 0 Å². The molecule has 14 heavy (non-hydrogen) atoms. The maximum absolute atomic E-state index is 11.2. The minimum Gasteiger partial charge on any atom is -0.379 e. The SMILES string of the molecule is CC1(C)COCC1NC1CONC1=O. The number of hydrogen-bond acceptors (Lipinski definition) is 4. The summed E-state index contributed by atoms with van der Waals surface area (Å²) in [7, 11) is 0. The van der Waals surface area contributed by atoms with E-state index < -0.39 is 0 Å². The van der Waals surface area contributed by atoms with Crippen LogP contribution in [0.2, 0.25) is 0 Å². The number of hydroxylamine groups is 1. The first-order valence-corrected chi connectivity index (χ1v) is 4.85. The molecular formula is C9H16N2O3. The zero-order valence-corrected chi connectivity index (χ0v) is 8.50. The molecular weight excluding hydrogens is 184 g/mol. The zero-order valence-electron chi connectivity index (χ0n) is 8.50. The van der Waals surface area contributed by atoms with Gasteiger partial charge in [-0.3, -0.25) is 14.9 Å². The zero-order chi connectivity index (χ0) is 10.2. The Hall–Kier alpha value is -0.650. The fraction of sp³-hybridized carbons (Fsp3) is 0.889. The monoisotopic (exact) mass is 200 g/mol. The molecule has 2 saturated heterocycles. The maximum Gasteiger partial charge on any atom is 0.263 e. The van der Waals surface area contributed by atoms with Crippen molar-refractivity contribution < 1.29 is 14.4 Å². The minimum absolute atomic E-state index is 0.0862. The lowest BCUT2D eigenvalue weighted by molar-refractivity contribution is -0.125. The highest BCUT2D eigenvalue weighted by atomic mass is 16.7. The largest absolute Gasteiger partial charge is 0.379 e. The van der Waals surface area contributed by atoms with E-state index in [1.165, 1.54) is 0 Å². The standard InChI is InChI=1S/C9H16N2O3/c1-9(2)5-13-4-7(9)10-6-3-14-11-8(6)12/h6-7,10H,3-5H2,1-2H3,(H,11,12). The fourth-order valence-corrected chi connectivity index (χ4v) is 1.75. The molecule has 0 aromatic rings. The van der Waals surface area contributed by atoms with Gasteiger partial charge in [-0.05, 0) is 0 Å². The predicted molar refractivity (Wildman–Crippen MR) is 49.4 cm³/mol. The summed E-state index contributed by atoms with van der Waals surface area (Å²) in [5.41, 5.74) is 2.41. The van der Waals surface area contributed by atoms with Crippen LogP contribution < -0.4 is 10.8 Å². The molecule has 0 aromatic heterocycles. The van der Waals surface area contributed by atoms with Gasteiger partial charge in [0.1, 0.15) is 6.04 Å². The Morgan fingerprint density at radius 3 is 2.79 bits per heavy atom. The highest BCUT2D eigenvalue weighted by molar-refractivity contribution is 5.82. The van der Waals surface area contributed by atoms with Crippen LogP contribution >= 0.6 is 0 Å². The van der Waals surface area contributed by atoms with E-state index in [4.69, 9.17) is 9.57 Å². The Morgan fingerprint density at radius 1 is 1.50 bits per heavy atom. The molecule has 2 rings (SSSR count). The second-order valence-corrected chi connectivity index (χ2v) is 4.55. The van der Waals surface area contributed by atoms with Crippen molar-refractivity contribution in [3.05, 3.63) is 0 Å². The van der Waals surface area contributed by atoms with Crippen molar-refractivity contribution in [2.75, 3.05) is 19.8 Å². The van der Waals surface area contributed by atoms with Crippen molar-refractivity contribution in [3.8, 4) is 0 Å². The van der Waals surface area contributed by atoms with E-state index in [2.05, 4.69) is 24.6 Å². The molecule has 2 unspecified atom stereocenters. The van der Waals surface area contributed by atoms with Gasteiger partial charge in [0.05, 0.1) is 19.8 Å². The van der Waals surface area contributed by atoms with Crippen molar-refractivity contribution in [1.82, 2.24) is 10.8 Å². The van der Waals surface area contributed by atoms with Gasteiger partial charge in [0.15, 0.2) is 0 Å². The van der Waals surface area contributed by atoms with E-state index in [9.17, 15) is 4.79 Å². The lowest BCUT2D eigenvalue weighted by Gasteiger charge is -2.26. The number of nitrogens with one attached hydrogen (secondary N) is 2. The fourth-order valence-electron chi connectivity index (χ4n) is 1.75. The first-order valence-electron chi connectivity index (χ1n) is 4.85. The van der Waals surface area contributed by atoms with E-state index in [-0.39, 0.29) is 23.4 Å². The summed E-state index contributed by atoms with van der Waals surface area (Å²) < 4.78 is 5.38. The second kappa shape index (κ2) is 3.49. The van der Waals surface area contributed by atoms with Gasteiger partial charge in [0, 0.05) is 11.5 Å².